The second kappa shape index (κ2) is 9.79. The molecule has 1 aromatic rings. The van der Waals surface area contributed by atoms with Crippen LogP contribution in [0, 0.1) is 11.3 Å². The maximum atomic E-state index is 13.0. The second-order valence-corrected chi connectivity index (χ2v) is 11.9. The van der Waals surface area contributed by atoms with Crippen LogP contribution < -0.4 is 4.72 Å². The third-order valence-electron chi connectivity index (χ3n) is 7.23. The SMILES string of the molecule is CC1(C(=O)N2CC[C@H](NS(C)(=O)=O)[C@H](OCC3CCC(c4ccccc4)CC3)C2)COC1. The molecule has 32 heavy (non-hydrogen) atoms. The number of nitrogens with one attached hydrogen (secondary N) is 1. The average molecular weight is 465 g/mol. The summed E-state index contributed by atoms with van der Waals surface area (Å²) in [7, 11) is -3.35. The molecule has 3 aliphatic rings. The summed E-state index contributed by atoms with van der Waals surface area (Å²) in [5.74, 6) is 1.16. The lowest BCUT2D eigenvalue weighted by molar-refractivity contribution is -0.173. The van der Waals surface area contributed by atoms with E-state index in [4.69, 9.17) is 9.47 Å². The van der Waals surface area contributed by atoms with Crippen LogP contribution >= 0.6 is 0 Å². The van der Waals surface area contributed by atoms with Crippen molar-refractivity contribution in [2.75, 3.05) is 39.2 Å². The molecule has 8 heteroatoms. The summed E-state index contributed by atoms with van der Waals surface area (Å²) in [6.45, 7) is 4.38. The fraction of sp³-hybridized carbons (Fsp3) is 0.708. The van der Waals surface area contributed by atoms with Crippen molar-refractivity contribution in [1.82, 2.24) is 9.62 Å². The Hall–Kier alpha value is -1.48. The topological polar surface area (TPSA) is 84.9 Å². The van der Waals surface area contributed by atoms with E-state index in [9.17, 15) is 13.2 Å². The quantitative estimate of drug-likeness (QED) is 0.670. The van der Waals surface area contributed by atoms with E-state index in [-0.39, 0.29) is 18.1 Å². The number of amides is 1. The van der Waals surface area contributed by atoms with Crippen molar-refractivity contribution in [3.05, 3.63) is 35.9 Å². The van der Waals surface area contributed by atoms with Crippen LogP contribution in [0.4, 0.5) is 0 Å². The van der Waals surface area contributed by atoms with E-state index >= 15 is 0 Å². The highest BCUT2D eigenvalue weighted by Gasteiger charge is 2.46. The van der Waals surface area contributed by atoms with E-state index in [2.05, 4.69) is 35.1 Å². The molecular formula is C24H36N2O5S. The van der Waals surface area contributed by atoms with Crippen LogP contribution in [-0.2, 0) is 24.3 Å². The standard InChI is InChI=1S/C24H36N2O5S/c1-24(16-30-17-24)23(27)26-13-12-21(25-32(2,28)29)22(14-26)31-15-18-8-10-20(11-9-18)19-6-4-3-5-7-19/h3-7,18,20-22,25H,8-17H2,1-2H3/t18?,20?,21-,22+/m0/s1. The van der Waals surface area contributed by atoms with Crippen LogP contribution in [0.2, 0.25) is 0 Å². The molecule has 0 aromatic heterocycles. The number of sulfonamides is 1. The highest BCUT2D eigenvalue weighted by atomic mass is 32.2. The van der Waals surface area contributed by atoms with Gasteiger partial charge in [-0.05, 0) is 56.4 Å². The van der Waals surface area contributed by atoms with Crippen LogP contribution in [0.5, 0.6) is 0 Å². The van der Waals surface area contributed by atoms with Crippen molar-refractivity contribution >= 4 is 15.9 Å². The zero-order valence-corrected chi connectivity index (χ0v) is 20.0. The molecule has 0 unspecified atom stereocenters. The third kappa shape index (κ3) is 5.71. The van der Waals surface area contributed by atoms with Gasteiger partial charge in [0, 0.05) is 19.7 Å². The number of piperidine rings is 1. The van der Waals surface area contributed by atoms with E-state index < -0.39 is 15.4 Å². The van der Waals surface area contributed by atoms with Crippen molar-refractivity contribution in [2.45, 2.75) is 57.1 Å². The highest BCUT2D eigenvalue weighted by Crippen LogP contribution is 2.36. The van der Waals surface area contributed by atoms with Gasteiger partial charge in [-0.15, -0.1) is 0 Å². The molecule has 178 valence electrons. The van der Waals surface area contributed by atoms with Crippen LogP contribution in [-0.4, -0.2) is 70.5 Å². The summed E-state index contributed by atoms with van der Waals surface area (Å²) in [5.41, 5.74) is 0.955. The molecule has 1 amide bonds. The first kappa shape index (κ1) is 23.7. The van der Waals surface area contributed by atoms with Crippen LogP contribution in [0.1, 0.15) is 50.5 Å². The number of benzene rings is 1. The molecule has 2 heterocycles. The van der Waals surface area contributed by atoms with Gasteiger partial charge in [0.25, 0.3) is 0 Å². The molecule has 1 aromatic carbocycles. The first-order valence-electron chi connectivity index (χ1n) is 11.7. The van der Waals surface area contributed by atoms with Crippen LogP contribution in [0.25, 0.3) is 0 Å². The van der Waals surface area contributed by atoms with Crippen molar-refractivity contribution in [3.8, 4) is 0 Å². The predicted molar refractivity (Wildman–Crippen MR) is 123 cm³/mol. The number of carbonyl (C=O) groups is 1. The number of carbonyl (C=O) groups excluding carboxylic acids is 1. The molecule has 0 spiro atoms. The van der Waals surface area contributed by atoms with E-state index in [1.54, 1.807) is 0 Å². The summed E-state index contributed by atoms with van der Waals surface area (Å²) in [5, 5.41) is 0. The Balaban J connectivity index is 1.33. The maximum absolute atomic E-state index is 13.0. The zero-order valence-electron chi connectivity index (χ0n) is 19.2. The molecule has 2 saturated heterocycles. The first-order chi connectivity index (χ1) is 15.2. The number of rotatable bonds is 7. The van der Waals surface area contributed by atoms with E-state index in [0.717, 1.165) is 25.7 Å². The van der Waals surface area contributed by atoms with Gasteiger partial charge < -0.3 is 14.4 Å². The van der Waals surface area contributed by atoms with Crippen molar-refractivity contribution in [3.63, 3.8) is 0 Å². The number of nitrogens with zero attached hydrogens (tertiary/aromatic N) is 1. The molecule has 4 rings (SSSR count). The van der Waals surface area contributed by atoms with Gasteiger partial charge >= 0.3 is 0 Å². The predicted octanol–water partition coefficient (Wildman–Crippen LogP) is 2.53. The highest BCUT2D eigenvalue weighted by molar-refractivity contribution is 7.88. The van der Waals surface area contributed by atoms with Gasteiger partial charge in [-0.1, -0.05) is 30.3 Å². The molecule has 1 N–H and O–H groups in total. The molecular weight excluding hydrogens is 428 g/mol. The summed E-state index contributed by atoms with van der Waals surface area (Å²) >= 11 is 0. The maximum Gasteiger partial charge on any atom is 0.233 e. The fourth-order valence-electron chi connectivity index (χ4n) is 5.24. The number of ether oxygens (including phenoxy) is 2. The number of hydrogen-bond donors (Lipinski definition) is 1. The third-order valence-corrected chi connectivity index (χ3v) is 7.96. The van der Waals surface area contributed by atoms with Gasteiger partial charge in [-0.25, -0.2) is 13.1 Å². The lowest BCUT2D eigenvalue weighted by atomic mass is 9.79. The van der Waals surface area contributed by atoms with Crippen molar-refractivity contribution in [1.29, 1.82) is 0 Å². The van der Waals surface area contributed by atoms with Gasteiger partial charge in [-0.2, -0.15) is 0 Å². The largest absolute Gasteiger partial charge is 0.379 e. The van der Waals surface area contributed by atoms with Gasteiger partial charge in [0.15, 0.2) is 0 Å². The Kier molecular flexibility index (Phi) is 7.24. The smallest absolute Gasteiger partial charge is 0.233 e. The fourth-order valence-corrected chi connectivity index (χ4v) is 6.06. The molecule has 2 atom stereocenters. The molecule has 1 saturated carbocycles. The Bertz CT molecular complexity index is 879. The number of hydrogen-bond acceptors (Lipinski definition) is 5. The summed E-state index contributed by atoms with van der Waals surface area (Å²) in [4.78, 5) is 14.8. The van der Waals surface area contributed by atoms with Gasteiger partial charge in [0.05, 0.1) is 37.0 Å². The van der Waals surface area contributed by atoms with Crippen molar-refractivity contribution in [2.24, 2.45) is 11.3 Å². The Labute approximate surface area is 191 Å². The Morgan fingerprint density at radius 1 is 1.16 bits per heavy atom. The minimum absolute atomic E-state index is 0.0820. The van der Waals surface area contributed by atoms with Crippen LogP contribution in [0.3, 0.4) is 0 Å². The Morgan fingerprint density at radius 2 is 1.84 bits per heavy atom. The number of likely N-dealkylation sites (tertiary alicyclic amines) is 1. The monoisotopic (exact) mass is 464 g/mol. The minimum atomic E-state index is -3.35. The van der Waals surface area contributed by atoms with Crippen molar-refractivity contribution < 1.29 is 22.7 Å². The van der Waals surface area contributed by atoms with E-state index in [1.165, 1.54) is 11.8 Å². The molecule has 1 aliphatic carbocycles. The summed E-state index contributed by atoms with van der Waals surface area (Å²) in [6.07, 6.45) is 5.91. The van der Waals surface area contributed by atoms with Gasteiger partial charge in [0.2, 0.25) is 15.9 Å². The second-order valence-electron chi connectivity index (χ2n) is 10.1. The lowest BCUT2D eigenvalue weighted by Gasteiger charge is -2.45. The van der Waals surface area contributed by atoms with Crippen LogP contribution in [0.15, 0.2) is 30.3 Å². The molecule has 2 aliphatic heterocycles. The zero-order chi connectivity index (χ0) is 22.8. The first-order valence-corrected chi connectivity index (χ1v) is 13.6. The van der Waals surface area contributed by atoms with Gasteiger partial charge in [-0.3, -0.25) is 4.79 Å². The minimum Gasteiger partial charge on any atom is -0.379 e. The molecule has 3 fully saturated rings. The average Bonchev–Trinajstić information content (AvgIpc) is 2.76. The molecule has 0 bridgehead atoms. The van der Waals surface area contributed by atoms with E-state index in [0.29, 0.717) is 51.2 Å². The Morgan fingerprint density at radius 3 is 2.44 bits per heavy atom. The van der Waals surface area contributed by atoms with E-state index in [1.807, 2.05) is 11.8 Å². The van der Waals surface area contributed by atoms with Gasteiger partial charge in [0.1, 0.15) is 0 Å². The lowest BCUT2D eigenvalue weighted by Crippen LogP contribution is -2.61. The summed E-state index contributed by atoms with van der Waals surface area (Å²) in [6, 6.07) is 10.4. The molecule has 7 nitrogen and oxygen atoms in total. The normalized spacial score (nSPS) is 30.5. The molecule has 0 radical (unpaired) electrons. The summed E-state index contributed by atoms with van der Waals surface area (Å²) < 4.78 is 38.1.